The number of H-pyrrole nitrogens is 1. The van der Waals surface area contributed by atoms with Crippen LogP contribution >= 0.6 is 11.3 Å². The molecule has 15 heavy (non-hydrogen) atoms. The van der Waals surface area contributed by atoms with E-state index in [0.29, 0.717) is 0 Å². The van der Waals surface area contributed by atoms with E-state index in [2.05, 4.69) is 20.6 Å². The van der Waals surface area contributed by atoms with Gasteiger partial charge >= 0.3 is 0 Å². The molecule has 1 N–H and O–H groups in total. The lowest BCUT2D eigenvalue weighted by Crippen LogP contribution is -2.12. The minimum Gasteiger partial charge on any atom is -0.347 e. The van der Waals surface area contributed by atoms with Crippen molar-refractivity contribution in [3.63, 3.8) is 0 Å². The standard InChI is InChI=1S/C9H13N5S/c1-13(2)8-10-9(12-11-8)14(3)7-4-5-15-6-7/h4-6H,1-3H3,(H,10,11,12). The molecule has 0 unspecified atom stereocenters. The molecule has 2 rings (SSSR count). The Morgan fingerprint density at radius 1 is 1.20 bits per heavy atom. The summed E-state index contributed by atoms with van der Waals surface area (Å²) in [6.07, 6.45) is 0. The highest BCUT2D eigenvalue weighted by atomic mass is 32.1. The summed E-state index contributed by atoms with van der Waals surface area (Å²) in [7, 11) is 5.81. The Morgan fingerprint density at radius 3 is 2.47 bits per heavy atom. The summed E-state index contributed by atoms with van der Waals surface area (Å²) in [5, 5.41) is 12.2. The van der Waals surface area contributed by atoms with Gasteiger partial charge in [-0.15, -0.1) is 10.2 Å². The van der Waals surface area contributed by atoms with Crippen LogP contribution in [0.25, 0.3) is 0 Å². The topological polar surface area (TPSA) is 48.1 Å². The minimum absolute atomic E-state index is 0.747. The number of nitrogens with zero attached hydrogens (tertiary/aromatic N) is 4. The number of aromatic amines is 1. The number of hydrogen-bond donors (Lipinski definition) is 1. The van der Waals surface area contributed by atoms with E-state index in [1.807, 2.05) is 42.4 Å². The highest BCUT2D eigenvalue weighted by molar-refractivity contribution is 7.08. The van der Waals surface area contributed by atoms with E-state index in [0.717, 1.165) is 17.6 Å². The molecule has 0 aliphatic heterocycles. The number of rotatable bonds is 3. The van der Waals surface area contributed by atoms with E-state index in [1.165, 1.54) is 0 Å². The first-order valence-corrected chi connectivity index (χ1v) is 5.48. The van der Waals surface area contributed by atoms with E-state index in [1.54, 1.807) is 11.3 Å². The third-order valence-corrected chi connectivity index (χ3v) is 2.77. The molecular weight excluding hydrogens is 210 g/mol. The van der Waals surface area contributed by atoms with Crippen molar-refractivity contribution < 1.29 is 0 Å². The van der Waals surface area contributed by atoms with Crippen molar-refractivity contribution in [2.75, 3.05) is 30.9 Å². The monoisotopic (exact) mass is 223 g/mol. The lowest BCUT2D eigenvalue weighted by Gasteiger charge is -2.13. The molecule has 0 atom stereocenters. The van der Waals surface area contributed by atoms with Crippen molar-refractivity contribution in [1.82, 2.24) is 15.2 Å². The number of hydrogen-bond acceptors (Lipinski definition) is 5. The van der Waals surface area contributed by atoms with E-state index in [-0.39, 0.29) is 0 Å². The molecule has 0 spiro atoms. The first-order valence-electron chi connectivity index (χ1n) is 4.54. The van der Waals surface area contributed by atoms with Crippen molar-refractivity contribution in [3.8, 4) is 0 Å². The minimum atomic E-state index is 0.747. The fraction of sp³-hybridized carbons (Fsp3) is 0.333. The molecule has 0 bridgehead atoms. The van der Waals surface area contributed by atoms with Crippen LogP contribution in [0.4, 0.5) is 17.6 Å². The Balaban J connectivity index is 2.23. The summed E-state index contributed by atoms with van der Waals surface area (Å²) in [4.78, 5) is 6.99. The highest BCUT2D eigenvalue weighted by Crippen LogP contribution is 2.23. The zero-order valence-corrected chi connectivity index (χ0v) is 9.75. The number of thiophene rings is 1. The largest absolute Gasteiger partial charge is 0.347 e. The van der Waals surface area contributed by atoms with Gasteiger partial charge in [-0.2, -0.15) is 11.3 Å². The molecule has 2 heterocycles. The quantitative estimate of drug-likeness (QED) is 0.860. The molecule has 2 aromatic heterocycles. The second-order valence-corrected chi connectivity index (χ2v) is 4.19. The Labute approximate surface area is 92.4 Å². The van der Waals surface area contributed by atoms with Crippen LogP contribution in [0.1, 0.15) is 0 Å². The molecule has 0 saturated carbocycles. The average molecular weight is 223 g/mol. The Hall–Kier alpha value is -1.56. The summed E-state index contributed by atoms with van der Waals surface area (Å²) in [5.74, 6) is 1.50. The molecule has 2 aromatic rings. The van der Waals surface area contributed by atoms with E-state index < -0.39 is 0 Å². The van der Waals surface area contributed by atoms with Crippen LogP contribution in [0, 0.1) is 0 Å². The smallest absolute Gasteiger partial charge is 0.230 e. The molecule has 0 aliphatic carbocycles. The van der Waals surface area contributed by atoms with Crippen LogP contribution < -0.4 is 9.80 Å². The zero-order valence-electron chi connectivity index (χ0n) is 8.93. The molecule has 5 nitrogen and oxygen atoms in total. The molecule has 0 radical (unpaired) electrons. The highest BCUT2D eigenvalue weighted by Gasteiger charge is 2.10. The van der Waals surface area contributed by atoms with E-state index in [4.69, 9.17) is 0 Å². The van der Waals surface area contributed by atoms with Crippen LogP contribution in [-0.2, 0) is 0 Å². The van der Waals surface area contributed by atoms with Gasteiger partial charge in [0, 0.05) is 26.5 Å². The van der Waals surface area contributed by atoms with Crippen LogP contribution in [0.3, 0.4) is 0 Å². The molecule has 0 amide bonds. The number of nitrogens with one attached hydrogen (secondary N) is 1. The van der Waals surface area contributed by atoms with Gasteiger partial charge in [0.2, 0.25) is 11.9 Å². The average Bonchev–Trinajstić information content (AvgIpc) is 2.88. The normalized spacial score (nSPS) is 10.3. The Bertz CT molecular complexity index is 419. The van der Waals surface area contributed by atoms with Gasteiger partial charge in [-0.25, -0.2) is 0 Å². The second kappa shape index (κ2) is 3.90. The maximum absolute atomic E-state index is 4.08. The fourth-order valence-electron chi connectivity index (χ4n) is 1.17. The van der Waals surface area contributed by atoms with Crippen LogP contribution in [0.5, 0.6) is 0 Å². The van der Waals surface area contributed by atoms with Gasteiger partial charge in [0.15, 0.2) is 0 Å². The van der Waals surface area contributed by atoms with Gasteiger partial charge in [-0.3, -0.25) is 4.98 Å². The second-order valence-electron chi connectivity index (χ2n) is 3.41. The van der Waals surface area contributed by atoms with Crippen molar-refractivity contribution in [3.05, 3.63) is 16.8 Å². The molecule has 0 aliphatic rings. The van der Waals surface area contributed by atoms with Crippen molar-refractivity contribution in [2.24, 2.45) is 0 Å². The third kappa shape index (κ3) is 1.94. The van der Waals surface area contributed by atoms with Gasteiger partial charge in [-0.05, 0) is 11.4 Å². The van der Waals surface area contributed by atoms with Gasteiger partial charge in [0.25, 0.3) is 0 Å². The summed E-state index contributed by atoms with van der Waals surface area (Å²) in [5.41, 5.74) is 1.11. The first-order chi connectivity index (χ1) is 7.18. The third-order valence-electron chi connectivity index (χ3n) is 2.10. The molecule has 0 saturated heterocycles. The Kier molecular flexibility index (Phi) is 2.59. The van der Waals surface area contributed by atoms with Crippen molar-refractivity contribution >= 4 is 28.9 Å². The molecule has 0 fully saturated rings. The summed E-state index contributed by atoms with van der Waals surface area (Å²) in [6, 6.07) is 2.04. The number of aromatic nitrogens is 3. The maximum atomic E-state index is 4.08. The van der Waals surface area contributed by atoms with Crippen LogP contribution in [0.15, 0.2) is 16.8 Å². The first kappa shape index (κ1) is 9.97. The fourth-order valence-corrected chi connectivity index (χ4v) is 1.84. The molecule has 80 valence electrons. The SMILES string of the molecule is CN(C)c1nnc(N(C)c2ccsc2)[nH]1. The van der Waals surface area contributed by atoms with Crippen molar-refractivity contribution in [2.45, 2.75) is 0 Å². The zero-order chi connectivity index (χ0) is 10.8. The maximum Gasteiger partial charge on any atom is 0.230 e. The van der Waals surface area contributed by atoms with Gasteiger partial charge in [-0.1, -0.05) is 0 Å². The molecular formula is C9H13N5S. The summed E-state index contributed by atoms with van der Waals surface area (Å²) in [6.45, 7) is 0. The predicted molar refractivity (Wildman–Crippen MR) is 63.1 cm³/mol. The predicted octanol–water partition coefficient (Wildman–Crippen LogP) is 1.70. The summed E-state index contributed by atoms with van der Waals surface area (Å²) < 4.78 is 0. The molecule has 0 aromatic carbocycles. The van der Waals surface area contributed by atoms with Gasteiger partial charge in [0.05, 0.1) is 5.69 Å². The lowest BCUT2D eigenvalue weighted by atomic mass is 10.5. The van der Waals surface area contributed by atoms with Crippen LogP contribution in [-0.4, -0.2) is 36.3 Å². The van der Waals surface area contributed by atoms with E-state index >= 15 is 0 Å². The molecule has 6 heteroatoms. The summed E-state index contributed by atoms with van der Waals surface area (Å²) >= 11 is 1.66. The van der Waals surface area contributed by atoms with Crippen molar-refractivity contribution in [1.29, 1.82) is 0 Å². The Morgan fingerprint density at radius 2 is 1.93 bits per heavy atom. The lowest BCUT2D eigenvalue weighted by molar-refractivity contribution is 0.994. The van der Waals surface area contributed by atoms with Gasteiger partial charge < -0.3 is 9.80 Å². The van der Waals surface area contributed by atoms with Crippen LogP contribution in [0.2, 0.25) is 0 Å². The number of anilines is 3. The van der Waals surface area contributed by atoms with E-state index in [9.17, 15) is 0 Å². The van der Waals surface area contributed by atoms with Gasteiger partial charge in [0.1, 0.15) is 0 Å².